The smallest absolute Gasteiger partial charge is 0.270 e. The molecule has 138 valence electrons. The number of rotatable bonds is 3. The van der Waals surface area contributed by atoms with Crippen LogP contribution < -0.4 is 10.5 Å². The van der Waals surface area contributed by atoms with Gasteiger partial charge in [-0.05, 0) is 28.8 Å². The van der Waals surface area contributed by atoms with Gasteiger partial charge in [-0.15, -0.1) is 11.3 Å². The summed E-state index contributed by atoms with van der Waals surface area (Å²) in [7, 11) is 4.02. The zero-order valence-corrected chi connectivity index (χ0v) is 16.2. The summed E-state index contributed by atoms with van der Waals surface area (Å²) in [6.07, 6.45) is 0. The van der Waals surface area contributed by atoms with Crippen LogP contribution in [0.15, 0.2) is 58.7 Å². The summed E-state index contributed by atoms with van der Waals surface area (Å²) >= 11 is 1.33. The average Bonchev–Trinajstić information content (AvgIpc) is 3.12. The van der Waals surface area contributed by atoms with Crippen LogP contribution in [-0.2, 0) is 0 Å². The third kappa shape index (κ3) is 2.92. The van der Waals surface area contributed by atoms with Crippen LogP contribution in [-0.4, -0.2) is 24.2 Å². The molecule has 0 aliphatic rings. The van der Waals surface area contributed by atoms with E-state index in [2.05, 4.69) is 34.1 Å². The number of nitrogens with one attached hydrogen (secondary N) is 1. The van der Waals surface area contributed by atoms with Crippen LogP contribution in [0.4, 0.5) is 5.69 Å². The van der Waals surface area contributed by atoms with E-state index in [0.717, 1.165) is 27.9 Å². The lowest BCUT2D eigenvalue weighted by molar-refractivity contribution is 0.479. The summed E-state index contributed by atoms with van der Waals surface area (Å²) in [5.41, 5.74) is 4.21. The minimum atomic E-state index is -0.572. The van der Waals surface area contributed by atoms with E-state index in [4.69, 9.17) is 5.26 Å². The van der Waals surface area contributed by atoms with Gasteiger partial charge in [-0.3, -0.25) is 4.79 Å². The zero-order chi connectivity index (χ0) is 19.8. The van der Waals surface area contributed by atoms with Gasteiger partial charge in [-0.2, -0.15) is 5.26 Å². The van der Waals surface area contributed by atoms with Crippen LogP contribution in [0.5, 0.6) is 5.75 Å². The molecule has 2 aromatic heterocycles. The predicted octanol–water partition coefficient (Wildman–Crippen LogP) is 4.57. The number of H-pyrrole nitrogens is 1. The molecule has 0 bridgehead atoms. The van der Waals surface area contributed by atoms with Crippen molar-refractivity contribution in [2.45, 2.75) is 0 Å². The Balaban J connectivity index is 1.75. The molecule has 0 saturated heterocycles. The second-order valence-corrected chi connectivity index (χ2v) is 7.54. The molecule has 0 aliphatic heterocycles. The highest BCUT2D eigenvalue weighted by molar-refractivity contribution is 7.17. The predicted molar refractivity (Wildman–Crippen MR) is 114 cm³/mol. The van der Waals surface area contributed by atoms with Crippen LogP contribution in [0.25, 0.3) is 32.5 Å². The summed E-state index contributed by atoms with van der Waals surface area (Å²) in [4.78, 5) is 17.1. The van der Waals surface area contributed by atoms with E-state index in [1.165, 1.54) is 11.3 Å². The van der Waals surface area contributed by atoms with Crippen molar-refractivity contribution in [2.24, 2.45) is 0 Å². The van der Waals surface area contributed by atoms with Crippen molar-refractivity contribution >= 4 is 27.2 Å². The van der Waals surface area contributed by atoms with Gasteiger partial charge in [0.1, 0.15) is 16.6 Å². The van der Waals surface area contributed by atoms with Gasteiger partial charge in [0.25, 0.3) is 5.56 Å². The number of fused-ring (bicyclic) bond motifs is 1. The molecule has 0 spiro atoms. The first-order valence-corrected chi connectivity index (χ1v) is 9.52. The van der Waals surface area contributed by atoms with E-state index in [-0.39, 0.29) is 11.3 Å². The van der Waals surface area contributed by atoms with Gasteiger partial charge in [-0.1, -0.05) is 36.4 Å². The quantitative estimate of drug-likeness (QED) is 0.540. The molecule has 0 radical (unpaired) electrons. The number of nitrogens with zero attached hydrogens (tertiary/aromatic N) is 2. The zero-order valence-electron chi connectivity index (χ0n) is 15.4. The number of aromatic nitrogens is 1. The number of pyridine rings is 1. The lowest BCUT2D eigenvalue weighted by atomic mass is 9.99. The van der Waals surface area contributed by atoms with Crippen LogP contribution in [0.1, 0.15) is 5.56 Å². The minimum absolute atomic E-state index is 0.259. The van der Waals surface area contributed by atoms with Crippen LogP contribution in [0.3, 0.4) is 0 Å². The van der Waals surface area contributed by atoms with E-state index >= 15 is 0 Å². The van der Waals surface area contributed by atoms with Crippen molar-refractivity contribution in [3.05, 3.63) is 69.8 Å². The molecule has 0 fully saturated rings. The highest BCUT2D eigenvalue weighted by atomic mass is 32.1. The summed E-state index contributed by atoms with van der Waals surface area (Å²) in [6.45, 7) is 0. The first-order valence-electron chi connectivity index (χ1n) is 8.64. The Morgan fingerprint density at radius 3 is 2.14 bits per heavy atom. The van der Waals surface area contributed by atoms with Crippen molar-refractivity contribution < 1.29 is 5.11 Å². The number of nitriles is 1. The topological polar surface area (TPSA) is 80.1 Å². The largest absolute Gasteiger partial charge is 0.506 e. The molecule has 0 atom stereocenters. The number of hydrogen-bond acceptors (Lipinski definition) is 5. The lowest BCUT2D eigenvalue weighted by Crippen LogP contribution is -2.09. The molecule has 2 N–H and O–H groups in total. The molecular weight excluding hydrogens is 370 g/mol. The monoisotopic (exact) mass is 387 g/mol. The maximum Gasteiger partial charge on any atom is 0.270 e. The molecule has 5 nitrogen and oxygen atoms in total. The van der Waals surface area contributed by atoms with Crippen molar-refractivity contribution in [2.75, 3.05) is 19.0 Å². The summed E-state index contributed by atoms with van der Waals surface area (Å²) in [5.74, 6) is -0.263. The molecular formula is C22H17N3O2S. The second-order valence-electron chi connectivity index (χ2n) is 6.66. The molecule has 28 heavy (non-hydrogen) atoms. The molecule has 4 aromatic rings. The number of hydrogen-bond donors (Lipinski definition) is 2. The van der Waals surface area contributed by atoms with Crippen LogP contribution in [0.2, 0.25) is 0 Å². The molecule has 4 rings (SSSR count). The van der Waals surface area contributed by atoms with Gasteiger partial charge in [-0.25, -0.2) is 0 Å². The summed E-state index contributed by atoms with van der Waals surface area (Å²) < 4.78 is 0. The third-order valence-electron chi connectivity index (χ3n) is 4.74. The standard InChI is InChI=1S/C22H17N3O2S/c1-25(2)16-9-7-14(8-10-16)13-3-5-15(6-4-13)18-12-28-22-19(18)20(26)17(11-23)21(27)24-22/h3-10,12H,1-2H3,(H2,24,26,27). The number of anilines is 1. The van der Waals surface area contributed by atoms with Crippen molar-refractivity contribution in [1.29, 1.82) is 5.26 Å². The molecule has 2 heterocycles. The number of thiophene rings is 1. The number of aromatic amines is 1. The molecule has 0 aliphatic carbocycles. The summed E-state index contributed by atoms with van der Waals surface area (Å²) in [6, 6.07) is 18.1. The van der Waals surface area contributed by atoms with Crippen molar-refractivity contribution in [3.63, 3.8) is 0 Å². The van der Waals surface area contributed by atoms with E-state index in [0.29, 0.717) is 10.2 Å². The Bertz CT molecular complexity index is 1260. The molecule has 0 saturated carbocycles. The van der Waals surface area contributed by atoms with Gasteiger partial charge in [0, 0.05) is 30.7 Å². The Morgan fingerprint density at radius 1 is 1.00 bits per heavy atom. The Hall–Kier alpha value is -3.56. The Kier molecular flexibility index (Phi) is 4.38. The van der Waals surface area contributed by atoms with E-state index in [1.807, 2.05) is 43.7 Å². The van der Waals surface area contributed by atoms with Crippen molar-refractivity contribution in [3.8, 4) is 34.1 Å². The van der Waals surface area contributed by atoms with Crippen LogP contribution in [0, 0.1) is 11.3 Å². The molecule has 6 heteroatoms. The maximum absolute atomic E-state index is 11.9. The molecule has 2 aromatic carbocycles. The van der Waals surface area contributed by atoms with Gasteiger partial charge >= 0.3 is 0 Å². The lowest BCUT2D eigenvalue weighted by Gasteiger charge is -2.13. The second kappa shape index (κ2) is 6.87. The average molecular weight is 387 g/mol. The van der Waals surface area contributed by atoms with E-state index in [1.54, 1.807) is 6.07 Å². The van der Waals surface area contributed by atoms with E-state index in [9.17, 15) is 9.90 Å². The number of benzene rings is 2. The highest BCUT2D eigenvalue weighted by Crippen LogP contribution is 2.39. The first kappa shape index (κ1) is 17.8. The van der Waals surface area contributed by atoms with Gasteiger partial charge in [0.2, 0.25) is 0 Å². The molecule has 0 amide bonds. The first-order chi connectivity index (χ1) is 13.5. The summed E-state index contributed by atoms with van der Waals surface area (Å²) in [5, 5.41) is 22.0. The van der Waals surface area contributed by atoms with Gasteiger partial charge in [0.05, 0.1) is 5.39 Å². The Morgan fingerprint density at radius 2 is 1.57 bits per heavy atom. The normalized spacial score (nSPS) is 10.8. The fourth-order valence-electron chi connectivity index (χ4n) is 3.19. The van der Waals surface area contributed by atoms with Gasteiger partial charge < -0.3 is 15.0 Å². The van der Waals surface area contributed by atoms with Gasteiger partial charge in [0.15, 0.2) is 5.56 Å². The fourth-order valence-corrected chi connectivity index (χ4v) is 4.16. The van der Waals surface area contributed by atoms with Crippen LogP contribution >= 0.6 is 11.3 Å². The minimum Gasteiger partial charge on any atom is -0.506 e. The third-order valence-corrected chi connectivity index (χ3v) is 5.64. The van der Waals surface area contributed by atoms with E-state index < -0.39 is 5.56 Å². The maximum atomic E-state index is 11.9. The highest BCUT2D eigenvalue weighted by Gasteiger charge is 2.17. The molecule has 0 unspecified atom stereocenters. The fraction of sp³-hybridized carbons (Fsp3) is 0.0909. The SMILES string of the molecule is CN(C)c1ccc(-c2ccc(-c3csc4[nH]c(=O)c(C#N)c(O)c34)cc2)cc1. The number of aromatic hydroxyl groups is 1. The van der Waals surface area contributed by atoms with Crippen molar-refractivity contribution in [1.82, 2.24) is 4.98 Å². The Labute approximate surface area is 165 Å².